The number of hydrogen-bond acceptors (Lipinski definition) is 4. The highest BCUT2D eigenvalue weighted by Gasteiger charge is 2.20. The van der Waals surface area contributed by atoms with Gasteiger partial charge in [-0.05, 0) is 25.7 Å². The average Bonchev–Trinajstić information content (AvgIpc) is 2.89. The molecule has 2 aliphatic rings. The molecule has 2 fully saturated rings. The third kappa shape index (κ3) is 2.92. The Bertz CT molecular complexity index is 445. The number of amides is 1. The van der Waals surface area contributed by atoms with Gasteiger partial charge in [0.1, 0.15) is 11.5 Å². The maximum Gasteiger partial charge on any atom is 0.274 e. The van der Waals surface area contributed by atoms with Gasteiger partial charge in [-0.15, -0.1) is 0 Å². The van der Waals surface area contributed by atoms with Crippen LogP contribution in [-0.2, 0) is 0 Å². The van der Waals surface area contributed by atoms with Gasteiger partial charge in [-0.25, -0.2) is 9.97 Å². The van der Waals surface area contributed by atoms with Gasteiger partial charge in [0.25, 0.3) is 5.91 Å². The third-order valence-electron chi connectivity index (χ3n) is 4.18. The van der Waals surface area contributed by atoms with Crippen LogP contribution < -0.4 is 4.90 Å². The molecule has 2 saturated heterocycles. The molecule has 0 bridgehead atoms. The number of anilines is 1. The molecule has 1 aromatic rings. The van der Waals surface area contributed by atoms with Crippen LogP contribution in [-0.4, -0.2) is 47.0 Å². The molecule has 1 amide bonds. The van der Waals surface area contributed by atoms with Gasteiger partial charge >= 0.3 is 0 Å². The van der Waals surface area contributed by atoms with E-state index in [9.17, 15) is 4.79 Å². The predicted octanol–water partition coefficient (Wildman–Crippen LogP) is 2.09. The summed E-state index contributed by atoms with van der Waals surface area (Å²) < 4.78 is 0. The Morgan fingerprint density at radius 3 is 2.10 bits per heavy atom. The summed E-state index contributed by atoms with van der Waals surface area (Å²) in [5, 5.41) is 0. The molecule has 108 valence electrons. The summed E-state index contributed by atoms with van der Waals surface area (Å²) in [5.41, 5.74) is 0.481. The molecule has 3 heterocycles. The summed E-state index contributed by atoms with van der Waals surface area (Å²) in [6.45, 7) is 3.81. The summed E-state index contributed by atoms with van der Waals surface area (Å²) in [5.74, 6) is 0.933. The van der Waals surface area contributed by atoms with Crippen molar-refractivity contribution in [3.05, 3.63) is 18.1 Å². The second-order valence-electron chi connectivity index (χ2n) is 5.66. The van der Waals surface area contributed by atoms with E-state index >= 15 is 0 Å². The first kappa shape index (κ1) is 13.3. The van der Waals surface area contributed by atoms with Crippen molar-refractivity contribution in [3.63, 3.8) is 0 Å². The molecule has 20 heavy (non-hydrogen) atoms. The van der Waals surface area contributed by atoms with Gasteiger partial charge in [-0.3, -0.25) is 4.79 Å². The van der Waals surface area contributed by atoms with Crippen LogP contribution in [0.5, 0.6) is 0 Å². The van der Waals surface area contributed by atoms with Crippen molar-refractivity contribution in [1.82, 2.24) is 14.9 Å². The fraction of sp³-hybridized carbons (Fsp3) is 0.667. The highest BCUT2D eigenvalue weighted by atomic mass is 16.2. The molecule has 5 nitrogen and oxygen atoms in total. The van der Waals surface area contributed by atoms with Crippen molar-refractivity contribution in [2.24, 2.45) is 0 Å². The maximum absolute atomic E-state index is 12.4. The second kappa shape index (κ2) is 6.20. The van der Waals surface area contributed by atoms with Gasteiger partial charge in [-0.1, -0.05) is 12.8 Å². The monoisotopic (exact) mass is 274 g/mol. The molecule has 0 unspecified atom stereocenters. The minimum Gasteiger partial charge on any atom is -0.355 e. The van der Waals surface area contributed by atoms with Crippen molar-refractivity contribution in [2.45, 2.75) is 38.5 Å². The minimum absolute atomic E-state index is 0.0346. The zero-order valence-electron chi connectivity index (χ0n) is 11.9. The summed E-state index contributed by atoms with van der Waals surface area (Å²) in [6.07, 6.45) is 10.5. The summed E-state index contributed by atoms with van der Waals surface area (Å²) in [4.78, 5) is 25.3. The van der Waals surface area contributed by atoms with E-state index in [1.165, 1.54) is 25.7 Å². The van der Waals surface area contributed by atoms with Crippen LogP contribution in [0, 0.1) is 0 Å². The summed E-state index contributed by atoms with van der Waals surface area (Å²) >= 11 is 0. The van der Waals surface area contributed by atoms with E-state index < -0.39 is 0 Å². The van der Waals surface area contributed by atoms with Crippen molar-refractivity contribution in [1.29, 1.82) is 0 Å². The Labute approximate surface area is 120 Å². The van der Waals surface area contributed by atoms with Gasteiger partial charge < -0.3 is 9.80 Å². The second-order valence-corrected chi connectivity index (χ2v) is 5.66. The van der Waals surface area contributed by atoms with Crippen LogP contribution in [0.3, 0.4) is 0 Å². The van der Waals surface area contributed by atoms with Gasteiger partial charge in [0.2, 0.25) is 0 Å². The minimum atomic E-state index is 0.0346. The molecule has 0 atom stereocenters. The molecule has 5 heteroatoms. The van der Waals surface area contributed by atoms with E-state index in [-0.39, 0.29) is 5.91 Å². The highest BCUT2D eigenvalue weighted by molar-refractivity contribution is 5.92. The largest absolute Gasteiger partial charge is 0.355 e. The van der Waals surface area contributed by atoms with Crippen LogP contribution in [0.15, 0.2) is 12.4 Å². The molecule has 1 aromatic heterocycles. The molecule has 2 aliphatic heterocycles. The van der Waals surface area contributed by atoms with E-state index in [0.29, 0.717) is 5.69 Å². The topological polar surface area (TPSA) is 49.3 Å². The van der Waals surface area contributed by atoms with Crippen LogP contribution in [0.1, 0.15) is 49.0 Å². The first-order valence-electron chi connectivity index (χ1n) is 7.71. The lowest BCUT2D eigenvalue weighted by Crippen LogP contribution is -2.32. The zero-order valence-corrected chi connectivity index (χ0v) is 11.9. The van der Waals surface area contributed by atoms with Crippen LogP contribution in [0.25, 0.3) is 0 Å². The van der Waals surface area contributed by atoms with Gasteiger partial charge in [0.05, 0.1) is 12.4 Å². The number of carbonyl (C=O) groups excluding carboxylic acids is 1. The number of likely N-dealkylation sites (tertiary alicyclic amines) is 1. The van der Waals surface area contributed by atoms with Gasteiger partial charge in [0.15, 0.2) is 0 Å². The lowest BCUT2D eigenvalue weighted by Gasteiger charge is -2.20. The van der Waals surface area contributed by atoms with Crippen molar-refractivity contribution in [2.75, 3.05) is 31.1 Å². The van der Waals surface area contributed by atoms with E-state index in [1.807, 2.05) is 4.90 Å². The molecule has 0 saturated carbocycles. The number of nitrogens with zero attached hydrogens (tertiary/aromatic N) is 4. The number of aromatic nitrogens is 2. The third-order valence-corrected chi connectivity index (χ3v) is 4.18. The van der Waals surface area contributed by atoms with Gasteiger partial charge in [-0.2, -0.15) is 0 Å². The SMILES string of the molecule is O=C(c1cnc(N2CCCC2)cn1)N1CCCCCC1. The Morgan fingerprint density at radius 1 is 0.850 bits per heavy atom. The van der Waals surface area contributed by atoms with E-state index in [2.05, 4.69) is 14.9 Å². The lowest BCUT2D eigenvalue weighted by atomic mass is 10.2. The predicted molar refractivity (Wildman–Crippen MR) is 77.9 cm³/mol. The maximum atomic E-state index is 12.4. The van der Waals surface area contributed by atoms with Crippen LogP contribution in [0.4, 0.5) is 5.82 Å². The Morgan fingerprint density at radius 2 is 1.50 bits per heavy atom. The molecule has 0 spiro atoms. The van der Waals surface area contributed by atoms with Crippen molar-refractivity contribution >= 4 is 11.7 Å². The lowest BCUT2D eigenvalue weighted by molar-refractivity contribution is 0.0755. The highest BCUT2D eigenvalue weighted by Crippen LogP contribution is 2.17. The fourth-order valence-corrected chi connectivity index (χ4v) is 2.98. The summed E-state index contributed by atoms with van der Waals surface area (Å²) in [6, 6.07) is 0. The first-order valence-corrected chi connectivity index (χ1v) is 7.71. The van der Waals surface area contributed by atoms with Crippen LogP contribution >= 0.6 is 0 Å². The quantitative estimate of drug-likeness (QED) is 0.828. The molecule has 0 aromatic carbocycles. The normalized spacial score (nSPS) is 20.0. The van der Waals surface area contributed by atoms with Crippen molar-refractivity contribution in [3.8, 4) is 0 Å². The van der Waals surface area contributed by atoms with E-state index in [0.717, 1.165) is 44.8 Å². The molecule has 0 aliphatic carbocycles. The number of hydrogen-bond donors (Lipinski definition) is 0. The molecule has 0 radical (unpaired) electrons. The zero-order chi connectivity index (χ0) is 13.8. The Kier molecular flexibility index (Phi) is 4.14. The number of carbonyl (C=O) groups is 1. The van der Waals surface area contributed by atoms with Gasteiger partial charge in [0, 0.05) is 26.2 Å². The van der Waals surface area contributed by atoms with Crippen LogP contribution in [0.2, 0.25) is 0 Å². The molecule has 0 N–H and O–H groups in total. The first-order chi connectivity index (χ1) is 9.84. The average molecular weight is 274 g/mol. The van der Waals surface area contributed by atoms with Crippen molar-refractivity contribution < 1.29 is 4.79 Å². The fourth-order valence-electron chi connectivity index (χ4n) is 2.98. The summed E-state index contributed by atoms with van der Waals surface area (Å²) in [7, 11) is 0. The molecule has 3 rings (SSSR count). The molecular weight excluding hydrogens is 252 g/mol. The van der Waals surface area contributed by atoms with E-state index in [1.54, 1.807) is 12.4 Å². The number of rotatable bonds is 2. The Hall–Kier alpha value is -1.65. The van der Waals surface area contributed by atoms with E-state index in [4.69, 9.17) is 0 Å². The molecular formula is C15H22N4O. The Balaban J connectivity index is 1.68. The smallest absolute Gasteiger partial charge is 0.274 e. The standard InChI is InChI=1S/C15H22N4O/c20-15(19-9-3-1-2-4-10-19)13-11-17-14(12-16-13)18-7-5-6-8-18/h11-12H,1-10H2.